The van der Waals surface area contributed by atoms with Crippen LogP contribution in [0.25, 0.3) is 0 Å². The average Bonchev–Trinajstić information content (AvgIpc) is 2.81. The van der Waals surface area contributed by atoms with Crippen LogP contribution in [0.3, 0.4) is 0 Å². The standard InChI is InChI=1S/C12H14N2O3S/c1-8-13-12(14-17-8)7-18-11-6-9(15-2)4-5-10(11)16-3/h4-6H,7H2,1-3H3. The smallest absolute Gasteiger partial charge is 0.223 e. The lowest BCUT2D eigenvalue weighted by atomic mass is 10.3. The van der Waals surface area contributed by atoms with E-state index in [-0.39, 0.29) is 0 Å². The van der Waals surface area contributed by atoms with Crippen LogP contribution in [0.2, 0.25) is 0 Å². The maximum atomic E-state index is 5.30. The second-order valence-electron chi connectivity index (χ2n) is 3.54. The zero-order valence-electron chi connectivity index (χ0n) is 10.5. The Morgan fingerprint density at radius 1 is 1.28 bits per heavy atom. The van der Waals surface area contributed by atoms with Crippen molar-refractivity contribution in [3.8, 4) is 11.5 Å². The van der Waals surface area contributed by atoms with E-state index in [1.165, 1.54) is 0 Å². The summed E-state index contributed by atoms with van der Waals surface area (Å²) in [6, 6.07) is 5.67. The highest BCUT2D eigenvalue weighted by Gasteiger charge is 2.08. The minimum absolute atomic E-state index is 0.572. The van der Waals surface area contributed by atoms with Crippen molar-refractivity contribution < 1.29 is 14.0 Å². The van der Waals surface area contributed by atoms with Crippen LogP contribution in [0.5, 0.6) is 11.5 Å². The van der Waals surface area contributed by atoms with Gasteiger partial charge in [0.25, 0.3) is 0 Å². The van der Waals surface area contributed by atoms with Crippen LogP contribution in [0, 0.1) is 6.92 Å². The van der Waals surface area contributed by atoms with Crippen molar-refractivity contribution in [3.05, 3.63) is 29.9 Å². The highest BCUT2D eigenvalue weighted by Crippen LogP contribution is 2.34. The van der Waals surface area contributed by atoms with E-state index in [0.29, 0.717) is 17.5 Å². The molecule has 0 aliphatic rings. The van der Waals surface area contributed by atoms with Crippen molar-refractivity contribution in [2.45, 2.75) is 17.6 Å². The van der Waals surface area contributed by atoms with Crippen LogP contribution in [0.15, 0.2) is 27.6 Å². The number of thioether (sulfide) groups is 1. The van der Waals surface area contributed by atoms with Crippen molar-refractivity contribution in [1.29, 1.82) is 0 Å². The fourth-order valence-corrected chi connectivity index (χ4v) is 2.33. The van der Waals surface area contributed by atoms with Gasteiger partial charge in [-0.25, -0.2) is 0 Å². The molecule has 96 valence electrons. The van der Waals surface area contributed by atoms with E-state index in [0.717, 1.165) is 16.4 Å². The van der Waals surface area contributed by atoms with Crippen LogP contribution in [-0.4, -0.2) is 24.4 Å². The maximum absolute atomic E-state index is 5.30. The summed E-state index contributed by atoms with van der Waals surface area (Å²) in [6.45, 7) is 1.77. The first-order valence-corrected chi connectivity index (χ1v) is 6.35. The third-order valence-corrected chi connectivity index (χ3v) is 3.33. The molecule has 0 N–H and O–H groups in total. The number of hydrogen-bond acceptors (Lipinski definition) is 6. The lowest BCUT2D eigenvalue weighted by Crippen LogP contribution is -1.90. The van der Waals surface area contributed by atoms with Crippen LogP contribution in [0.1, 0.15) is 11.7 Å². The third kappa shape index (κ3) is 2.95. The molecule has 0 saturated carbocycles. The molecule has 0 aliphatic heterocycles. The van der Waals surface area contributed by atoms with Gasteiger partial charge in [-0.3, -0.25) is 0 Å². The highest BCUT2D eigenvalue weighted by molar-refractivity contribution is 7.98. The highest BCUT2D eigenvalue weighted by atomic mass is 32.2. The fourth-order valence-electron chi connectivity index (χ4n) is 1.44. The number of aryl methyl sites for hydroxylation is 1. The first-order valence-electron chi connectivity index (χ1n) is 5.37. The second-order valence-corrected chi connectivity index (χ2v) is 4.55. The number of ether oxygens (including phenoxy) is 2. The predicted octanol–water partition coefficient (Wildman–Crippen LogP) is 2.69. The Balaban J connectivity index is 2.11. The topological polar surface area (TPSA) is 57.4 Å². The van der Waals surface area contributed by atoms with E-state index in [4.69, 9.17) is 14.0 Å². The Hall–Kier alpha value is -1.69. The van der Waals surface area contributed by atoms with E-state index < -0.39 is 0 Å². The summed E-state index contributed by atoms with van der Waals surface area (Å²) >= 11 is 1.58. The molecule has 0 atom stereocenters. The Kier molecular flexibility index (Phi) is 4.09. The SMILES string of the molecule is COc1ccc(OC)c(SCc2noc(C)n2)c1. The molecule has 18 heavy (non-hydrogen) atoms. The lowest BCUT2D eigenvalue weighted by molar-refractivity contribution is 0.389. The molecular formula is C12H14N2O3S. The molecule has 1 aromatic carbocycles. The van der Waals surface area contributed by atoms with E-state index in [2.05, 4.69) is 10.1 Å². The summed E-state index contributed by atoms with van der Waals surface area (Å²) in [5.41, 5.74) is 0. The molecule has 0 unspecified atom stereocenters. The van der Waals surface area contributed by atoms with Crippen LogP contribution >= 0.6 is 11.8 Å². The Morgan fingerprint density at radius 2 is 2.11 bits per heavy atom. The first-order chi connectivity index (χ1) is 8.72. The summed E-state index contributed by atoms with van der Waals surface area (Å²) in [5.74, 6) is 3.47. The molecule has 0 saturated heterocycles. The molecule has 0 bridgehead atoms. The molecule has 0 amide bonds. The largest absolute Gasteiger partial charge is 0.497 e. The quantitative estimate of drug-likeness (QED) is 0.775. The third-order valence-electron chi connectivity index (χ3n) is 2.30. The molecule has 2 rings (SSSR count). The normalized spacial score (nSPS) is 10.4. The fraction of sp³-hybridized carbons (Fsp3) is 0.333. The van der Waals surface area contributed by atoms with Gasteiger partial charge in [-0.15, -0.1) is 11.8 Å². The van der Waals surface area contributed by atoms with E-state index >= 15 is 0 Å². The minimum atomic E-state index is 0.572. The van der Waals surface area contributed by atoms with Crippen molar-refractivity contribution in [2.75, 3.05) is 14.2 Å². The summed E-state index contributed by atoms with van der Waals surface area (Å²) in [4.78, 5) is 5.14. The lowest BCUT2D eigenvalue weighted by Gasteiger charge is -2.08. The van der Waals surface area contributed by atoms with Gasteiger partial charge in [-0.05, 0) is 18.2 Å². The number of aromatic nitrogens is 2. The van der Waals surface area contributed by atoms with Gasteiger partial charge in [0.15, 0.2) is 5.82 Å². The summed E-state index contributed by atoms with van der Waals surface area (Å²) < 4.78 is 15.4. The number of nitrogens with zero attached hydrogens (tertiary/aromatic N) is 2. The van der Waals surface area contributed by atoms with Crippen molar-refractivity contribution in [3.63, 3.8) is 0 Å². The van der Waals surface area contributed by atoms with Crippen molar-refractivity contribution in [2.24, 2.45) is 0 Å². The van der Waals surface area contributed by atoms with Gasteiger partial charge in [0.2, 0.25) is 5.89 Å². The van der Waals surface area contributed by atoms with Crippen LogP contribution < -0.4 is 9.47 Å². The number of hydrogen-bond donors (Lipinski definition) is 0. The summed E-state index contributed by atoms with van der Waals surface area (Å²) in [7, 11) is 3.28. The Morgan fingerprint density at radius 3 is 2.72 bits per heavy atom. The van der Waals surface area contributed by atoms with Crippen molar-refractivity contribution >= 4 is 11.8 Å². The maximum Gasteiger partial charge on any atom is 0.223 e. The minimum Gasteiger partial charge on any atom is -0.497 e. The molecular weight excluding hydrogens is 252 g/mol. The van der Waals surface area contributed by atoms with Crippen LogP contribution in [-0.2, 0) is 5.75 Å². The molecule has 0 fully saturated rings. The van der Waals surface area contributed by atoms with E-state index in [1.807, 2.05) is 18.2 Å². The average molecular weight is 266 g/mol. The van der Waals surface area contributed by atoms with Crippen molar-refractivity contribution in [1.82, 2.24) is 10.1 Å². The molecule has 0 aliphatic carbocycles. The second kappa shape index (κ2) is 5.77. The van der Waals surface area contributed by atoms with E-state index in [1.54, 1.807) is 32.9 Å². The van der Waals surface area contributed by atoms with Gasteiger partial charge >= 0.3 is 0 Å². The van der Waals surface area contributed by atoms with Gasteiger partial charge in [-0.1, -0.05) is 5.16 Å². The molecule has 5 nitrogen and oxygen atoms in total. The number of benzene rings is 1. The zero-order chi connectivity index (χ0) is 13.0. The van der Waals surface area contributed by atoms with Gasteiger partial charge < -0.3 is 14.0 Å². The molecule has 1 aromatic heterocycles. The molecule has 0 spiro atoms. The number of rotatable bonds is 5. The Bertz CT molecular complexity index is 528. The summed E-state index contributed by atoms with van der Waals surface area (Å²) in [5, 5.41) is 3.85. The predicted molar refractivity (Wildman–Crippen MR) is 68.1 cm³/mol. The molecule has 2 aromatic rings. The van der Waals surface area contributed by atoms with E-state index in [9.17, 15) is 0 Å². The number of methoxy groups -OCH3 is 2. The molecule has 1 heterocycles. The monoisotopic (exact) mass is 266 g/mol. The zero-order valence-corrected chi connectivity index (χ0v) is 11.3. The molecule has 6 heteroatoms. The first kappa shape index (κ1) is 12.8. The van der Waals surface area contributed by atoms with Gasteiger partial charge in [0, 0.05) is 6.92 Å². The van der Waals surface area contributed by atoms with Gasteiger partial charge in [0.1, 0.15) is 11.5 Å². The van der Waals surface area contributed by atoms with Gasteiger partial charge in [0.05, 0.1) is 24.9 Å². The molecule has 0 radical (unpaired) electrons. The van der Waals surface area contributed by atoms with Crippen LogP contribution in [0.4, 0.5) is 0 Å². The Labute approximate surface area is 109 Å². The summed E-state index contributed by atoms with van der Waals surface area (Å²) in [6.07, 6.45) is 0. The van der Waals surface area contributed by atoms with Gasteiger partial charge in [-0.2, -0.15) is 4.98 Å².